The molecule has 128 valence electrons. The molecule has 0 saturated carbocycles. The lowest BCUT2D eigenvalue weighted by atomic mass is 10.0. The van der Waals surface area contributed by atoms with Crippen LogP contribution in [-0.4, -0.2) is 27.2 Å². The minimum absolute atomic E-state index is 0.141. The summed E-state index contributed by atoms with van der Waals surface area (Å²) < 4.78 is 1.66. The van der Waals surface area contributed by atoms with Gasteiger partial charge in [0.2, 0.25) is 0 Å². The van der Waals surface area contributed by atoms with Gasteiger partial charge in [0.25, 0.3) is 11.5 Å². The number of fused-ring (bicyclic) bond motifs is 3. The van der Waals surface area contributed by atoms with Crippen LogP contribution in [0, 0.1) is 0 Å². The van der Waals surface area contributed by atoms with Crippen molar-refractivity contribution >= 4 is 22.2 Å². The molecule has 0 radical (unpaired) electrons. The molecule has 0 fully saturated rings. The van der Waals surface area contributed by atoms with Crippen molar-refractivity contribution in [3.63, 3.8) is 0 Å². The average Bonchev–Trinajstić information content (AvgIpc) is 3.01. The number of aromatic nitrogens is 2. The Morgan fingerprint density at radius 2 is 2.00 bits per heavy atom. The predicted octanol–water partition coefficient (Wildman–Crippen LogP) is 2.91. The zero-order valence-electron chi connectivity index (χ0n) is 14.1. The molecule has 4 rings (SSSR count). The van der Waals surface area contributed by atoms with Gasteiger partial charge in [-0.15, -0.1) is 11.3 Å². The minimum Gasteiger partial charge on any atom is -0.337 e. The summed E-state index contributed by atoms with van der Waals surface area (Å²) in [5.41, 5.74) is 1.97. The molecule has 5 nitrogen and oxygen atoms in total. The smallest absolute Gasteiger partial charge is 0.271 e. The fourth-order valence-electron chi connectivity index (χ4n) is 3.35. The lowest BCUT2D eigenvalue weighted by molar-refractivity contribution is 0.0782. The summed E-state index contributed by atoms with van der Waals surface area (Å²) in [7, 11) is 1.72. The average molecular weight is 353 g/mol. The van der Waals surface area contributed by atoms with Crippen molar-refractivity contribution < 1.29 is 4.79 Å². The van der Waals surface area contributed by atoms with Crippen LogP contribution in [0.2, 0.25) is 0 Å². The Balaban J connectivity index is 1.70. The van der Waals surface area contributed by atoms with Crippen molar-refractivity contribution in [1.82, 2.24) is 14.3 Å². The highest BCUT2D eigenvalue weighted by Crippen LogP contribution is 2.28. The summed E-state index contributed by atoms with van der Waals surface area (Å²) >= 11 is 1.57. The van der Waals surface area contributed by atoms with E-state index < -0.39 is 0 Å². The summed E-state index contributed by atoms with van der Waals surface area (Å²) in [6, 6.07) is 9.75. The number of hydrogen-bond donors (Lipinski definition) is 0. The highest BCUT2D eigenvalue weighted by Gasteiger charge is 2.22. The molecule has 1 aromatic carbocycles. The van der Waals surface area contributed by atoms with Crippen LogP contribution in [0.1, 0.15) is 39.3 Å². The van der Waals surface area contributed by atoms with Crippen molar-refractivity contribution in [2.75, 3.05) is 7.05 Å². The van der Waals surface area contributed by atoms with Crippen molar-refractivity contribution in [3.05, 3.63) is 68.6 Å². The number of aryl methyl sites for hydroxylation is 2. The van der Waals surface area contributed by atoms with Crippen LogP contribution < -0.4 is 5.56 Å². The second kappa shape index (κ2) is 6.44. The molecule has 0 unspecified atom stereocenters. The van der Waals surface area contributed by atoms with Crippen LogP contribution in [-0.2, 0) is 19.4 Å². The first-order valence-corrected chi connectivity index (χ1v) is 9.28. The van der Waals surface area contributed by atoms with Gasteiger partial charge in [-0.05, 0) is 31.2 Å². The fourth-order valence-corrected chi connectivity index (χ4v) is 4.52. The second-order valence-corrected chi connectivity index (χ2v) is 7.48. The molecule has 0 atom stereocenters. The van der Waals surface area contributed by atoms with Crippen LogP contribution in [0.3, 0.4) is 0 Å². The van der Waals surface area contributed by atoms with Crippen LogP contribution >= 0.6 is 11.3 Å². The third-order valence-corrected chi connectivity index (χ3v) is 5.80. The Bertz CT molecular complexity index is 991. The lowest BCUT2D eigenvalue weighted by Crippen LogP contribution is -2.33. The van der Waals surface area contributed by atoms with Gasteiger partial charge in [0, 0.05) is 30.4 Å². The number of hydrogen-bond acceptors (Lipinski definition) is 4. The molecule has 0 saturated heterocycles. The van der Waals surface area contributed by atoms with Crippen molar-refractivity contribution in [1.29, 1.82) is 0 Å². The summed E-state index contributed by atoms with van der Waals surface area (Å²) in [5.74, 6) is -0.286. The molecule has 1 aliphatic rings. The zero-order chi connectivity index (χ0) is 17.4. The van der Waals surface area contributed by atoms with Crippen molar-refractivity contribution in [2.24, 2.45) is 0 Å². The van der Waals surface area contributed by atoms with Gasteiger partial charge in [-0.3, -0.25) is 14.0 Å². The standard InChI is InChI=1S/C19H19N3O2S/c1-21(12-13-7-3-2-4-8-13)17(23)14-11-20-19-22(18(14)24)15-9-5-6-10-16(15)25-19/h2-4,7-8,11H,5-6,9-10,12H2,1H3. The summed E-state index contributed by atoms with van der Waals surface area (Å²) in [6.45, 7) is 0.462. The molecule has 25 heavy (non-hydrogen) atoms. The molecule has 2 heterocycles. The van der Waals surface area contributed by atoms with Gasteiger partial charge in [-0.25, -0.2) is 4.98 Å². The van der Waals surface area contributed by atoms with Gasteiger partial charge in [-0.1, -0.05) is 30.3 Å². The largest absolute Gasteiger partial charge is 0.337 e. The molecule has 1 amide bonds. The molecule has 6 heteroatoms. The van der Waals surface area contributed by atoms with Crippen LogP contribution in [0.5, 0.6) is 0 Å². The van der Waals surface area contributed by atoms with Gasteiger partial charge in [0.05, 0.1) is 0 Å². The molecule has 0 aliphatic heterocycles. The molecule has 3 aromatic rings. The normalized spacial score (nSPS) is 13.6. The van der Waals surface area contributed by atoms with Crippen LogP contribution in [0.4, 0.5) is 0 Å². The van der Waals surface area contributed by atoms with E-state index in [-0.39, 0.29) is 17.0 Å². The van der Waals surface area contributed by atoms with Gasteiger partial charge in [0.15, 0.2) is 4.96 Å². The Kier molecular flexibility index (Phi) is 4.13. The molecular formula is C19H19N3O2S. The van der Waals surface area contributed by atoms with E-state index in [2.05, 4.69) is 4.98 Å². The summed E-state index contributed by atoms with van der Waals surface area (Å²) in [4.78, 5) is 33.6. The number of rotatable bonds is 3. The summed E-state index contributed by atoms with van der Waals surface area (Å²) in [5, 5.41) is 0. The zero-order valence-corrected chi connectivity index (χ0v) is 14.9. The van der Waals surface area contributed by atoms with E-state index in [0.717, 1.165) is 36.9 Å². The second-order valence-electron chi connectivity index (χ2n) is 6.42. The fraction of sp³-hybridized carbons (Fsp3) is 0.316. The quantitative estimate of drug-likeness (QED) is 0.727. The van der Waals surface area contributed by atoms with E-state index >= 15 is 0 Å². The molecule has 1 aliphatic carbocycles. The number of carbonyl (C=O) groups is 1. The first kappa shape index (κ1) is 16.0. The Morgan fingerprint density at radius 1 is 1.24 bits per heavy atom. The third kappa shape index (κ3) is 2.87. The van der Waals surface area contributed by atoms with E-state index in [4.69, 9.17) is 0 Å². The molecule has 0 spiro atoms. The maximum Gasteiger partial charge on any atom is 0.271 e. The molecule has 2 aromatic heterocycles. The maximum absolute atomic E-state index is 12.9. The number of nitrogens with zero attached hydrogens (tertiary/aromatic N) is 3. The van der Waals surface area contributed by atoms with E-state index in [0.29, 0.717) is 11.5 Å². The Labute approximate surface area is 149 Å². The van der Waals surface area contributed by atoms with Crippen molar-refractivity contribution in [3.8, 4) is 0 Å². The topological polar surface area (TPSA) is 54.7 Å². The van der Waals surface area contributed by atoms with Gasteiger partial charge in [0.1, 0.15) is 5.56 Å². The number of thiazole rings is 1. The lowest BCUT2D eigenvalue weighted by Gasteiger charge is -2.17. The monoisotopic (exact) mass is 353 g/mol. The van der Waals surface area contributed by atoms with Crippen LogP contribution in [0.15, 0.2) is 41.3 Å². The highest BCUT2D eigenvalue weighted by atomic mass is 32.1. The third-order valence-electron chi connectivity index (χ3n) is 4.64. The highest BCUT2D eigenvalue weighted by molar-refractivity contribution is 7.17. The Hall–Kier alpha value is -2.47. The van der Waals surface area contributed by atoms with Gasteiger partial charge < -0.3 is 4.90 Å². The number of amides is 1. The van der Waals surface area contributed by atoms with Crippen LogP contribution in [0.25, 0.3) is 4.96 Å². The first-order valence-electron chi connectivity index (χ1n) is 8.47. The van der Waals surface area contributed by atoms with Gasteiger partial charge >= 0.3 is 0 Å². The predicted molar refractivity (Wildman–Crippen MR) is 98.2 cm³/mol. The SMILES string of the molecule is CN(Cc1ccccc1)C(=O)c1cnc2sc3c(n2c1=O)CCCC3. The van der Waals surface area contributed by atoms with E-state index in [1.807, 2.05) is 30.3 Å². The Morgan fingerprint density at radius 3 is 2.80 bits per heavy atom. The maximum atomic E-state index is 12.9. The summed E-state index contributed by atoms with van der Waals surface area (Å²) in [6.07, 6.45) is 5.55. The van der Waals surface area contributed by atoms with E-state index in [1.54, 1.807) is 27.7 Å². The van der Waals surface area contributed by atoms with E-state index in [9.17, 15) is 9.59 Å². The molecule has 0 N–H and O–H groups in total. The van der Waals surface area contributed by atoms with Gasteiger partial charge in [-0.2, -0.15) is 0 Å². The molecule has 0 bridgehead atoms. The van der Waals surface area contributed by atoms with E-state index in [1.165, 1.54) is 11.1 Å². The van der Waals surface area contributed by atoms with Crippen molar-refractivity contribution in [2.45, 2.75) is 32.2 Å². The molecular weight excluding hydrogens is 334 g/mol. The minimum atomic E-state index is -0.286. The first-order chi connectivity index (χ1) is 12.1. The number of carbonyl (C=O) groups excluding carboxylic acids is 1. The number of benzene rings is 1.